The fourth-order valence-corrected chi connectivity index (χ4v) is 1.94. The Morgan fingerprint density at radius 1 is 1.32 bits per heavy atom. The molecule has 0 aliphatic heterocycles. The average molecular weight is 266 g/mol. The first-order valence-electron chi connectivity index (χ1n) is 7.36. The standard InChI is InChI=1S/C14H26N4O/c1-5-8-10-18(11(4)7-3)14(19)13-15-12(9-6-2)16-17-13/h11H,5-10H2,1-4H3,(H,15,16,17). The van der Waals surface area contributed by atoms with Crippen LogP contribution in [0.15, 0.2) is 0 Å². The van der Waals surface area contributed by atoms with E-state index in [9.17, 15) is 4.79 Å². The molecule has 1 unspecified atom stereocenters. The molecule has 0 saturated carbocycles. The van der Waals surface area contributed by atoms with E-state index in [-0.39, 0.29) is 11.9 Å². The van der Waals surface area contributed by atoms with Crippen molar-refractivity contribution < 1.29 is 4.79 Å². The Balaban J connectivity index is 2.78. The van der Waals surface area contributed by atoms with Crippen LogP contribution >= 0.6 is 0 Å². The molecule has 0 fully saturated rings. The molecule has 1 aromatic heterocycles. The molecule has 0 spiro atoms. The lowest BCUT2D eigenvalue weighted by molar-refractivity contribution is 0.0673. The van der Waals surface area contributed by atoms with Crippen LogP contribution in [0.4, 0.5) is 0 Å². The SMILES string of the molecule is CCCCN(C(=O)c1n[nH]c(CCC)n1)C(C)CC. The summed E-state index contributed by atoms with van der Waals surface area (Å²) in [5.74, 6) is 1.05. The van der Waals surface area contributed by atoms with Gasteiger partial charge in [0.1, 0.15) is 5.82 Å². The van der Waals surface area contributed by atoms with Gasteiger partial charge in [-0.25, -0.2) is 4.98 Å². The van der Waals surface area contributed by atoms with Crippen molar-refractivity contribution in [3.8, 4) is 0 Å². The van der Waals surface area contributed by atoms with E-state index >= 15 is 0 Å². The highest BCUT2D eigenvalue weighted by Gasteiger charge is 2.23. The molecule has 1 atom stereocenters. The Morgan fingerprint density at radius 2 is 2.05 bits per heavy atom. The normalized spacial score (nSPS) is 12.4. The zero-order chi connectivity index (χ0) is 14.3. The molecule has 0 radical (unpaired) electrons. The molecule has 0 aromatic carbocycles. The van der Waals surface area contributed by atoms with Gasteiger partial charge in [-0.3, -0.25) is 9.89 Å². The summed E-state index contributed by atoms with van der Waals surface area (Å²) in [4.78, 5) is 18.6. The molecule has 1 amide bonds. The highest BCUT2D eigenvalue weighted by molar-refractivity contribution is 5.90. The molecule has 5 heteroatoms. The summed E-state index contributed by atoms with van der Waals surface area (Å²) in [6.45, 7) is 9.16. The molecule has 1 N–H and O–H groups in total. The van der Waals surface area contributed by atoms with Crippen molar-refractivity contribution in [2.24, 2.45) is 0 Å². The minimum Gasteiger partial charge on any atom is -0.333 e. The smallest absolute Gasteiger partial charge is 0.293 e. The molecule has 19 heavy (non-hydrogen) atoms. The number of unbranched alkanes of at least 4 members (excludes halogenated alkanes) is 1. The maximum Gasteiger partial charge on any atom is 0.293 e. The van der Waals surface area contributed by atoms with Gasteiger partial charge < -0.3 is 4.90 Å². The number of rotatable bonds is 8. The summed E-state index contributed by atoms with van der Waals surface area (Å²) in [6.07, 6.45) is 4.87. The van der Waals surface area contributed by atoms with Crippen molar-refractivity contribution in [3.63, 3.8) is 0 Å². The van der Waals surface area contributed by atoms with Gasteiger partial charge in [0.15, 0.2) is 0 Å². The molecule has 1 heterocycles. The second-order valence-corrected chi connectivity index (χ2v) is 4.97. The predicted octanol–water partition coefficient (Wildman–Crippen LogP) is 2.80. The minimum absolute atomic E-state index is 0.0543. The Labute approximate surface area is 115 Å². The molecule has 0 aliphatic carbocycles. The summed E-state index contributed by atoms with van der Waals surface area (Å²) in [5.41, 5.74) is 0. The van der Waals surface area contributed by atoms with Crippen LogP contribution < -0.4 is 0 Å². The van der Waals surface area contributed by atoms with Gasteiger partial charge in [0, 0.05) is 19.0 Å². The van der Waals surface area contributed by atoms with E-state index in [0.29, 0.717) is 5.82 Å². The van der Waals surface area contributed by atoms with Crippen LogP contribution in [0.2, 0.25) is 0 Å². The van der Waals surface area contributed by atoms with E-state index < -0.39 is 0 Å². The van der Waals surface area contributed by atoms with Crippen molar-refractivity contribution in [2.75, 3.05) is 6.54 Å². The molecule has 108 valence electrons. The van der Waals surface area contributed by atoms with Gasteiger partial charge >= 0.3 is 0 Å². The first-order valence-corrected chi connectivity index (χ1v) is 7.36. The van der Waals surface area contributed by atoms with Gasteiger partial charge in [0.2, 0.25) is 5.82 Å². The van der Waals surface area contributed by atoms with Gasteiger partial charge in [0.05, 0.1) is 0 Å². The average Bonchev–Trinajstić information content (AvgIpc) is 2.87. The second-order valence-electron chi connectivity index (χ2n) is 4.97. The molecular weight excluding hydrogens is 240 g/mol. The Bertz CT molecular complexity index is 389. The summed E-state index contributed by atoms with van der Waals surface area (Å²) >= 11 is 0. The van der Waals surface area contributed by atoms with E-state index in [1.54, 1.807) is 0 Å². The van der Waals surface area contributed by atoms with E-state index in [2.05, 4.69) is 42.9 Å². The number of nitrogens with zero attached hydrogens (tertiary/aromatic N) is 3. The number of aromatic amines is 1. The van der Waals surface area contributed by atoms with Crippen LogP contribution in [-0.2, 0) is 6.42 Å². The third-order valence-electron chi connectivity index (χ3n) is 3.35. The van der Waals surface area contributed by atoms with Crippen molar-refractivity contribution in [1.29, 1.82) is 0 Å². The summed E-state index contributed by atoms with van der Waals surface area (Å²) < 4.78 is 0. The van der Waals surface area contributed by atoms with Crippen LogP contribution in [0, 0.1) is 0 Å². The lowest BCUT2D eigenvalue weighted by atomic mass is 10.2. The van der Waals surface area contributed by atoms with Gasteiger partial charge in [-0.15, -0.1) is 5.10 Å². The first-order chi connectivity index (χ1) is 9.13. The van der Waals surface area contributed by atoms with Crippen molar-refractivity contribution in [2.45, 2.75) is 65.8 Å². The van der Waals surface area contributed by atoms with Gasteiger partial charge in [0.25, 0.3) is 5.91 Å². The fourth-order valence-electron chi connectivity index (χ4n) is 1.94. The van der Waals surface area contributed by atoms with E-state index in [1.165, 1.54) is 0 Å². The third kappa shape index (κ3) is 4.33. The van der Waals surface area contributed by atoms with Gasteiger partial charge in [-0.05, 0) is 26.2 Å². The lowest BCUT2D eigenvalue weighted by Gasteiger charge is -2.27. The molecule has 5 nitrogen and oxygen atoms in total. The third-order valence-corrected chi connectivity index (χ3v) is 3.35. The van der Waals surface area contributed by atoms with Crippen molar-refractivity contribution >= 4 is 5.91 Å². The second kappa shape index (κ2) is 7.92. The number of aromatic nitrogens is 3. The van der Waals surface area contributed by atoms with Crippen molar-refractivity contribution in [1.82, 2.24) is 20.1 Å². The van der Waals surface area contributed by atoms with Gasteiger partial charge in [-0.1, -0.05) is 27.2 Å². The molecule has 0 aliphatic rings. The Hall–Kier alpha value is -1.39. The highest BCUT2D eigenvalue weighted by Crippen LogP contribution is 2.10. The van der Waals surface area contributed by atoms with Crippen LogP contribution in [-0.4, -0.2) is 38.6 Å². The number of hydrogen-bond donors (Lipinski definition) is 1. The Kier molecular flexibility index (Phi) is 6.53. The summed E-state index contributed by atoms with van der Waals surface area (Å²) in [5, 5.41) is 6.90. The van der Waals surface area contributed by atoms with Gasteiger partial charge in [-0.2, -0.15) is 0 Å². The van der Waals surface area contributed by atoms with Crippen LogP contribution in [0.5, 0.6) is 0 Å². The maximum absolute atomic E-state index is 12.4. The molecule has 1 rings (SSSR count). The predicted molar refractivity (Wildman–Crippen MR) is 76.1 cm³/mol. The molecular formula is C14H26N4O. The molecule has 0 bridgehead atoms. The number of amides is 1. The summed E-state index contributed by atoms with van der Waals surface area (Å²) in [7, 11) is 0. The van der Waals surface area contributed by atoms with E-state index in [1.807, 2.05) is 4.90 Å². The van der Waals surface area contributed by atoms with Crippen LogP contribution in [0.3, 0.4) is 0 Å². The monoisotopic (exact) mass is 266 g/mol. The lowest BCUT2D eigenvalue weighted by Crippen LogP contribution is -2.39. The summed E-state index contributed by atoms with van der Waals surface area (Å²) in [6, 6.07) is 0.229. The zero-order valence-corrected chi connectivity index (χ0v) is 12.6. The Morgan fingerprint density at radius 3 is 2.63 bits per heavy atom. The number of hydrogen-bond acceptors (Lipinski definition) is 3. The fraction of sp³-hybridized carbons (Fsp3) is 0.786. The molecule has 0 saturated heterocycles. The number of nitrogens with one attached hydrogen (secondary N) is 1. The quantitative estimate of drug-likeness (QED) is 0.787. The number of carbonyl (C=O) groups excluding carboxylic acids is 1. The van der Waals surface area contributed by atoms with E-state index in [4.69, 9.17) is 0 Å². The first kappa shape index (κ1) is 15.7. The highest BCUT2D eigenvalue weighted by atomic mass is 16.2. The largest absolute Gasteiger partial charge is 0.333 e. The number of carbonyl (C=O) groups is 1. The van der Waals surface area contributed by atoms with E-state index in [0.717, 1.165) is 44.5 Å². The number of aryl methyl sites for hydroxylation is 1. The zero-order valence-electron chi connectivity index (χ0n) is 12.6. The topological polar surface area (TPSA) is 61.9 Å². The molecule has 1 aromatic rings. The number of H-pyrrole nitrogens is 1. The van der Waals surface area contributed by atoms with Crippen molar-refractivity contribution in [3.05, 3.63) is 11.6 Å². The minimum atomic E-state index is -0.0543. The maximum atomic E-state index is 12.4. The van der Waals surface area contributed by atoms with Crippen LogP contribution in [0.1, 0.15) is 69.8 Å². The van der Waals surface area contributed by atoms with Crippen LogP contribution in [0.25, 0.3) is 0 Å².